The molecule has 3 rings (SSSR count). The molecule has 0 aliphatic rings. The predicted octanol–water partition coefficient (Wildman–Crippen LogP) is 2.89. The van der Waals surface area contributed by atoms with E-state index in [9.17, 15) is 14.9 Å². The molecular formula is C15H10BrN5O3. The molecule has 120 valence electrons. The second-order valence-electron chi connectivity index (χ2n) is 4.89. The fraction of sp³-hybridized carbons (Fsp3) is 0.0667. The molecule has 1 heterocycles. The highest BCUT2D eigenvalue weighted by molar-refractivity contribution is 9.10. The van der Waals surface area contributed by atoms with Crippen LogP contribution in [0.4, 0.5) is 5.69 Å². The molecule has 9 heteroatoms. The Labute approximate surface area is 144 Å². The summed E-state index contributed by atoms with van der Waals surface area (Å²) >= 11 is 3.35. The smallest absolute Gasteiger partial charge is 0.269 e. The highest BCUT2D eigenvalue weighted by Gasteiger charge is 2.15. The van der Waals surface area contributed by atoms with Gasteiger partial charge in [0.1, 0.15) is 6.54 Å². The Kier molecular flexibility index (Phi) is 4.43. The first-order valence-corrected chi connectivity index (χ1v) is 7.63. The minimum Gasteiger partial charge on any atom is -0.292 e. The van der Waals surface area contributed by atoms with Crippen LogP contribution in [0.15, 0.2) is 53.0 Å². The van der Waals surface area contributed by atoms with Gasteiger partial charge in [0.15, 0.2) is 11.6 Å². The summed E-state index contributed by atoms with van der Waals surface area (Å²) in [6.45, 7) is -0.0593. The van der Waals surface area contributed by atoms with Gasteiger partial charge in [-0.05, 0) is 34.7 Å². The zero-order valence-electron chi connectivity index (χ0n) is 12.2. The van der Waals surface area contributed by atoms with Crippen molar-refractivity contribution >= 4 is 27.4 Å². The van der Waals surface area contributed by atoms with Crippen LogP contribution in [-0.2, 0) is 6.54 Å². The number of halogens is 1. The number of nitro groups is 1. The van der Waals surface area contributed by atoms with Gasteiger partial charge >= 0.3 is 0 Å². The van der Waals surface area contributed by atoms with Crippen molar-refractivity contribution in [3.63, 3.8) is 0 Å². The fourth-order valence-electron chi connectivity index (χ4n) is 2.11. The van der Waals surface area contributed by atoms with Crippen LogP contribution in [0, 0.1) is 10.1 Å². The minimum absolute atomic E-state index is 0.0593. The van der Waals surface area contributed by atoms with Gasteiger partial charge in [-0.1, -0.05) is 28.1 Å². The summed E-state index contributed by atoms with van der Waals surface area (Å²) in [5, 5.41) is 22.1. The van der Waals surface area contributed by atoms with Crippen LogP contribution in [0.1, 0.15) is 10.4 Å². The molecule has 0 saturated heterocycles. The number of benzene rings is 2. The summed E-state index contributed by atoms with van der Waals surface area (Å²) in [6.07, 6.45) is 0. The predicted molar refractivity (Wildman–Crippen MR) is 88.4 cm³/mol. The standard InChI is InChI=1S/C15H10BrN5O3/c16-12-5-1-11(2-6-12)15-17-18-19-20(15)9-14(22)10-3-7-13(8-4-10)21(23)24/h1-8H,9H2. The molecule has 0 amide bonds. The molecule has 1 aromatic heterocycles. The number of nitro benzene ring substituents is 1. The van der Waals surface area contributed by atoms with Gasteiger partial charge in [0.25, 0.3) is 5.69 Å². The van der Waals surface area contributed by atoms with Crippen molar-refractivity contribution in [1.82, 2.24) is 20.2 Å². The monoisotopic (exact) mass is 387 g/mol. The minimum atomic E-state index is -0.513. The summed E-state index contributed by atoms with van der Waals surface area (Å²) < 4.78 is 2.32. The Morgan fingerprint density at radius 3 is 2.42 bits per heavy atom. The summed E-state index contributed by atoms with van der Waals surface area (Å²) in [6, 6.07) is 12.8. The Hall–Kier alpha value is -2.94. The third-order valence-corrected chi connectivity index (χ3v) is 3.86. The highest BCUT2D eigenvalue weighted by atomic mass is 79.9. The SMILES string of the molecule is O=C(Cn1nnnc1-c1ccc(Br)cc1)c1ccc([N+](=O)[O-])cc1. The van der Waals surface area contributed by atoms with Gasteiger partial charge in [-0.2, -0.15) is 0 Å². The molecular weight excluding hydrogens is 378 g/mol. The summed E-state index contributed by atoms with van der Waals surface area (Å²) in [5.74, 6) is 0.230. The van der Waals surface area contributed by atoms with Crippen molar-refractivity contribution in [1.29, 1.82) is 0 Å². The number of carbonyl (C=O) groups is 1. The second kappa shape index (κ2) is 6.67. The first-order chi connectivity index (χ1) is 11.5. The van der Waals surface area contributed by atoms with Crippen molar-refractivity contribution in [2.45, 2.75) is 6.54 Å². The topological polar surface area (TPSA) is 104 Å². The number of carbonyl (C=O) groups excluding carboxylic acids is 1. The van der Waals surface area contributed by atoms with Gasteiger partial charge < -0.3 is 0 Å². The van der Waals surface area contributed by atoms with Gasteiger partial charge in [-0.15, -0.1) is 5.10 Å². The molecule has 0 fully saturated rings. The van der Waals surface area contributed by atoms with Gasteiger partial charge in [0, 0.05) is 27.7 Å². The number of ketones is 1. The third-order valence-electron chi connectivity index (χ3n) is 3.33. The Morgan fingerprint density at radius 2 is 1.79 bits per heavy atom. The first kappa shape index (κ1) is 15.9. The second-order valence-corrected chi connectivity index (χ2v) is 5.81. The molecule has 2 aromatic carbocycles. The Morgan fingerprint density at radius 1 is 1.12 bits per heavy atom. The van der Waals surface area contributed by atoms with E-state index in [1.165, 1.54) is 28.9 Å². The number of tetrazole rings is 1. The van der Waals surface area contributed by atoms with Crippen molar-refractivity contribution in [3.8, 4) is 11.4 Å². The van der Waals surface area contributed by atoms with E-state index in [0.29, 0.717) is 11.4 Å². The lowest BCUT2D eigenvalue weighted by Crippen LogP contribution is -2.13. The molecule has 0 atom stereocenters. The Bertz CT molecular complexity index is 890. The summed E-state index contributed by atoms with van der Waals surface area (Å²) in [4.78, 5) is 22.5. The lowest BCUT2D eigenvalue weighted by atomic mass is 10.1. The van der Waals surface area contributed by atoms with Crippen molar-refractivity contribution in [2.75, 3.05) is 0 Å². The van der Waals surface area contributed by atoms with Gasteiger partial charge in [-0.3, -0.25) is 14.9 Å². The number of nitrogens with zero attached hydrogens (tertiary/aromatic N) is 5. The van der Waals surface area contributed by atoms with Crippen molar-refractivity contribution < 1.29 is 9.72 Å². The zero-order chi connectivity index (χ0) is 17.1. The molecule has 3 aromatic rings. The van der Waals surface area contributed by atoms with Crippen LogP contribution in [-0.4, -0.2) is 30.9 Å². The average Bonchev–Trinajstić information content (AvgIpc) is 3.03. The quantitative estimate of drug-likeness (QED) is 0.378. The van der Waals surface area contributed by atoms with Gasteiger partial charge in [0.05, 0.1) is 4.92 Å². The number of hydrogen-bond donors (Lipinski definition) is 0. The van der Waals surface area contributed by atoms with Crippen LogP contribution >= 0.6 is 15.9 Å². The molecule has 0 saturated carbocycles. The summed E-state index contributed by atoms with van der Waals surface area (Å²) in [7, 11) is 0. The van der Waals surface area contributed by atoms with Crippen LogP contribution < -0.4 is 0 Å². The number of Topliss-reactive ketones (excluding diaryl/α,β-unsaturated/α-hetero) is 1. The fourth-order valence-corrected chi connectivity index (χ4v) is 2.38. The maximum absolute atomic E-state index is 12.3. The van der Waals surface area contributed by atoms with E-state index in [-0.39, 0.29) is 18.0 Å². The van der Waals surface area contributed by atoms with Crippen LogP contribution in [0.2, 0.25) is 0 Å². The first-order valence-electron chi connectivity index (χ1n) is 6.84. The van der Waals surface area contributed by atoms with Crippen LogP contribution in [0.25, 0.3) is 11.4 Å². The molecule has 8 nitrogen and oxygen atoms in total. The number of non-ortho nitro benzene ring substituents is 1. The number of rotatable bonds is 5. The van der Waals surface area contributed by atoms with Crippen molar-refractivity contribution in [3.05, 3.63) is 68.7 Å². The zero-order valence-corrected chi connectivity index (χ0v) is 13.8. The van der Waals surface area contributed by atoms with Crippen LogP contribution in [0.3, 0.4) is 0 Å². The maximum Gasteiger partial charge on any atom is 0.269 e. The molecule has 0 N–H and O–H groups in total. The molecule has 24 heavy (non-hydrogen) atoms. The average molecular weight is 388 g/mol. The van der Waals surface area contributed by atoms with Crippen LogP contribution in [0.5, 0.6) is 0 Å². The number of aromatic nitrogens is 4. The highest BCUT2D eigenvalue weighted by Crippen LogP contribution is 2.19. The van der Waals surface area contributed by atoms with E-state index in [4.69, 9.17) is 0 Å². The third kappa shape index (κ3) is 3.35. The van der Waals surface area contributed by atoms with Gasteiger partial charge in [0.2, 0.25) is 0 Å². The molecule has 0 unspecified atom stereocenters. The lowest BCUT2D eigenvalue weighted by Gasteiger charge is -2.04. The maximum atomic E-state index is 12.3. The van der Waals surface area contributed by atoms with E-state index in [1.54, 1.807) is 0 Å². The van der Waals surface area contributed by atoms with E-state index in [2.05, 4.69) is 31.5 Å². The van der Waals surface area contributed by atoms with E-state index < -0.39 is 4.92 Å². The molecule has 0 bridgehead atoms. The normalized spacial score (nSPS) is 10.5. The largest absolute Gasteiger partial charge is 0.292 e. The van der Waals surface area contributed by atoms with E-state index in [1.807, 2.05) is 24.3 Å². The molecule has 0 aliphatic carbocycles. The van der Waals surface area contributed by atoms with Gasteiger partial charge in [-0.25, -0.2) is 4.68 Å². The van der Waals surface area contributed by atoms with E-state index >= 15 is 0 Å². The van der Waals surface area contributed by atoms with Crippen molar-refractivity contribution in [2.24, 2.45) is 0 Å². The number of hydrogen-bond acceptors (Lipinski definition) is 6. The molecule has 0 aliphatic heterocycles. The molecule has 0 radical (unpaired) electrons. The Balaban J connectivity index is 1.81. The summed E-state index contributed by atoms with van der Waals surface area (Å²) in [5.41, 5.74) is 1.07. The lowest BCUT2D eigenvalue weighted by molar-refractivity contribution is -0.384. The van der Waals surface area contributed by atoms with E-state index in [0.717, 1.165) is 10.0 Å². The molecule has 0 spiro atoms.